The highest BCUT2D eigenvalue weighted by Crippen LogP contribution is 2.23. The summed E-state index contributed by atoms with van der Waals surface area (Å²) in [5, 5.41) is 12.6. The number of rotatable bonds is 4. The van der Waals surface area contributed by atoms with E-state index < -0.39 is 0 Å². The van der Waals surface area contributed by atoms with E-state index in [1.807, 2.05) is 13.8 Å². The fourth-order valence-corrected chi connectivity index (χ4v) is 1.48. The molecule has 16 heavy (non-hydrogen) atoms. The summed E-state index contributed by atoms with van der Waals surface area (Å²) < 4.78 is 5.15. The molecule has 0 aliphatic heterocycles. The van der Waals surface area contributed by atoms with Crippen molar-refractivity contribution in [1.29, 1.82) is 0 Å². The molecule has 90 valence electrons. The van der Waals surface area contributed by atoms with Crippen molar-refractivity contribution >= 4 is 5.91 Å². The molecule has 0 bridgehead atoms. The van der Waals surface area contributed by atoms with Gasteiger partial charge in [0.25, 0.3) is 5.91 Å². The third kappa shape index (κ3) is 2.41. The normalized spacial score (nSPS) is 10.9. The lowest BCUT2D eigenvalue weighted by Gasteiger charge is -2.16. The van der Waals surface area contributed by atoms with Crippen LogP contribution in [-0.4, -0.2) is 41.3 Å². The van der Waals surface area contributed by atoms with Crippen LogP contribution in [0.15, 0.2) is 4.52 Å². The van der Waals surface area contributed by atoms with E-state index in [1.165, 1.54) is 4.90 Å². The number of carbonyl (C=O) groups excluding carboxylic acids is 1. The Morgan fingerprint density at radius 2 is 2.19 bits per heavy atom. The van der Waals surface area contributed by atoms with E-state index in [0.717, 1.165) is 0 Å². The first-order valence-electron chi connectivity index (χ1n) is 5.31. The zero-order valence-electron chi connectivity index (χ0n) is 10.1. The number of amides is 1. The monoisotopic (exact) mass is 226 g/mol. The predicted octanol–water partition coefficient (Wildman–Crippen LogP) is 1.17. The molecule has 0 spiro atoms. The van der Waals surface area contributed by atoms with Gasteiger partial charge < -0.3 is 14.5 Å². The van der Waals surface area contributed by atoms with Crippen LogP contribution < -0.4 is 0 Å². The Bertz CT molecular complexity index is 371. The number of aromatic nitrogens is 1. The minimum atomic E-state index is -0.156. The summed E-state index contributed by atoms with van der Waals surface area (Å²) in [5.41, 5.74) is 1.12. The average Bonchev–Trinajstić information content (AvgIpc) is 2.59. The smallest absolute Gasteiger partial charge is 0.259 e. The lowest BCUT2D eigenvalue weighted by molar-refractivity contribution is 0.0763. The molecule has 0 aliphatic rings. The summed E-state index contributed by atoms with van der Waals surface area (Å²) in [7, 11) is 1.65. The summed E-state index contributed by atoms with van der Waals surface area (Å²) in [5.74, 6) is 0.562. The van der Waals surface area contributed by atoms with Gasteiger partial charge in [-0.2, -0.15) is 0 Å². The van der Waals surface area contributed by atoms with Gasteiger partial charge in [-0.05, 0) is 6.92 Å². The van der Waals surface area contributed by atoms with Crippen LogP contribution in [-0.2, 0) is 0 Å². The number of aryl methyl sites for hydroxylation is 1. The number of aliphatic hydroxyl groups excluding tert-OH is 1. The molecule has 1 rings (SSSR count). The summed E-state index contributed by atoms with van der Waals surface area (Å²) >= 11 is 0. The molecule has 0 aromatic carbocycles. The second kappa shape index (κ2) is 5.12. The SMILES string of the molecule is Cc1noc(C(C)C)c1C(=O)N(C)CCO. The van der Waals surface area contributed by atoms with Crippen LogP contribution in [0, 0.1) is 6.92 Å². The number of aliphatic hydroxyl groups is 1. The first-order valence-corrected chi connectivity index (χ1v) is 5.31. The fraction of sp³-hybridized carbons (Fsp3) is 0.636. The molecule has 0 radical (unpaired) electrons. The molecule has 5 nitrogen and oxygen atoms in total. The zero-order valence-corrected chi connectivity index (χ0v) is 10.1. The minimum Gasteiger partial charge on any atom is -0.395 e. The summed E-state index contributed by atoms with van der Waals surface area (Å²) in [6, 6.07) is 0. The molecule has 0 saturated carbocycles. The van der Waals surface area contributed by atoms with E-state index >= 15 is 0 Å². The molecular formula is C11H18N2O3. The van der Waals surface area contributed by atoms with Gasteiger partial charge >= 0.3 is 0 Å². The Labute approximate surface area is 95.0 Å². The van der Waals surface area contributed by atoms with Crippen LogP contribution in [0.5, 0.6) is 0 Å². The van der Waals surface area contributed by atoms with E-state index in [4.69, 9.17) is 9.63 Å². The largest absolute Gasteiger partial charge is 0.395 e. The summed E-state index contributed by atoms with van der Waals surface area (Å²) in [6.45, 7) is 5.89. The lowest BCUT2D eigenvalue weighted by Crippen LogP contribution is -2.30. The Morgan fingerprint density at radius 3 is 2.69 bits per heavy atom. The van der Waals surface area contributed by atoms with Crippen molar-refractivity contribution in [2.75, 3.05) is 20.2 Å². The van der Waals surface area contributed by atoms with Crippen LogP contribution in [0.4, 0.5) is 0 Å². The predicted molar refractivity (Wildman–Crippen MR) is 59.4 cm³/mol. The van der Waals surface area contributed by atoms with E-state index in [9.17, 15) is 4.79 Å². The molecule has 1 aromatic heterocycles. The van der Waals surface area contributed by atoms with Gasteiger partial charge in [0.05, 0.1) is 12.3 Å². The number of nitrogens with zero attached hydrogens (tertiary/aromatic N) is 2. The minimum absolute atomic E-state index is 0.0520. The molecule has 0 aliphatic carbocycles. The van der Waals surface area contributed by atoms with Crippen LogP contribution in [0.1, 0.15) is 41.6 Å². The van der Waals surface area contributed by atoms with Gasteiger partial charge in [-0.3, -0.25) is 4.79 Å². The van der Waals surface area contributed by atoms with E-state index in [1.54, 1.807) is 14.0 Å². The lowest BCUT2D eigenvalue weighted by atomic mass is 10.0. The van der Waals surface area contributed by atoms with Crippen molar-refractivity contribution < 1.29 is 14.4 Å². The second-order valence-electron chi connectivity index (χ2n) is 4.11. The van der Waals surface area contributed by atoms with E-state index in [0.29, 0.717) is 23.6 Å². The molecule has 1 heterocycles. The van der Waals surface area contributed by atoms with Crippen molar-refractivity contribution in [3.05, 3.63) is 17.0 Å². The third-order valence-electron chi connectivity index (χ3n) is 2.41. The van der Waals surface area contributed by atoms with Crippen LogP contribution in [0.2, 0.25) is 0 Å². The number of carbonyl (C=O) groups is 1. The van der Waals surface area contributed by atoms with Crippen molar-refractivity contribution in [3.63, 3.8) is 0 Å². The zero-order chi connectivity index (χ0) is 12.3. The number of likely N-dealkylation sites (N-methyl/N-ethyl adjacent to an activating group) is 1. The maximum absolute atomic E-state index is 12.1. The highest BCUT2D eigenvalue weighted by molar-refractivity contribution is 5.96. The Morgan fingerprint density at radius 1 is 1.56 bits per heavy atom. The number of hydrogen-bond donors (Lipinski definition) is 1. The van der Waals surface area contributed by atoms with Crippen molar-refractivity contribution in [2.45, 2.75) is 26.7 Å². The van der Waals surface area contributed by atoms with Crippen molar-refractivity contribution in [1.82, 2.24) is 10.1 Å². The highest BCUT2D eigenvalue weighted by Gasteiger charge is 2.24. The van der Waals surface area contributed by atoms with Crippen molar-refractivity contribution in [2.24, 2.45) is 0 Å². The third-order valence-corrected chi connectivity index (χ3v) is 2.41. The van der Waals surface area contributed by atoms with Crippen LogP contribution in [0.25, 0.3) is 0 Å². The van der Waals surface area contributed by atoms with E-state index in [2.05, 4.69) is 5.16 Å². The standard InChI is InChI=1S/C11H18N2O3/c1-7(2)10-9(8(3)12-16-10)11(15)13(4)5-6-14/h7,14H,5-6H2,1-4H3. The van der Waals surface area contributed by atoms with Crippen LogP contribution in [0.3, 0.4) is 0 Å². The van der Waals surface area contributed by atoms with E-state index in [-0.39, 0.29) is 18.4 Å². The average molecular weight is 226 g/mol. The van der Waals surface area contributed by atoms with Gasteiger partial charge in [0.1, 0.15) is 5.56 Å². The topological polar surface area (TPSA) is 66.6 Å². The molecule has 1 amide bonds. The van der Waals surface area contributed by atoms with Gasteiger partial charge in [-0.15, -0.1) is 0 Å². The molecule has 1 N–H and O–H groups in total. The Kier molecular flexibility index (Phi) is 4.06. The van der Waals surface area contributed by atoms with Crippen molar-refractivity contribution in [3.8, 4) is 0 Å². The maximum atomic E-state index is 12.1. The second-order valence-corrected chi connectivity index (χ2v) is 4.11. The maximum Gasteiger partial charge on any atom is 0.259 e. The van der Waals surface area contributed by atoms with Gasteiger partial charge in [0.15, 0.2) is 5.76 Å². The molecular weight excluding hydrogens is 208 g/mol. The van der Waals surface area contributed by atoms with Gasteiger partial charge in [0, 0.05) is 19.5 Å². The molecule has 0 saturated heterocycles. The molecule has 0 fully saturated rings. The van der Waals surface area contributed by atoms with Gasteiger partial charge in [-0.25, -0.2) is 0 Å². The molecule has 0 atom stereocenters. The quantitative estimate of drug-likeness (QED) is 0.837. The summed E-state index contributed by atoms with van der Waals surface area (Å²) in [6.07, 6.45) is 0. The van der Waals surface area contributed by atoms with Gasteiger partial charge in [-0.1, -0.05) is 19.0 Å². The number of hydrogen-bond acceptors (Lipinski definition) is 4. The molecule has 1 aromatic rings. The molecule has 5 heteroatoms. The first-order chi connectivity index (χ1) is 7.49. The van der Waals surface area contributed by atoms with Crippen LogP contribution >= 0.6 is 0 Å². The Hall–Kier alpha value is -1.36. The Balaban J connectivity index is 3.02. The highest BCUT2D eigenvalue weighted by atomic mass is 16.5. The summed E-state index contributed by atoms with van der Waals surface area (Å²) in [4.78, 5) is 13.5. The fourth-order valence-electron chi connectivity index (χ4n) is 1.48. The van der Waals surface area contributed by atoms with Gasteiger partial charge in [0.2, 0.25) is 0 Å². The first kappa shape index (κ1) is 12.7. The molecule has 0 unspecified atom stereocenters.